The minimum Gasteiger partial charge on any atom is -0.457 e. The molecule has 5 rings (SSSR count). The molecule has 0 saturated carbocycles. The van der Waals surface area contributed by atoms with Crippen molar-refractivity contribution in [1.82, 2.24) is 24.8 Å². The Hall–Kier alpha value is -4.93. The Morgan fingerprint density at radius 2 is 1.82 bits per heavy atom. The lowest BCUT2D eigenvalue weighted by molar-refractivity contribution is -0.121. The van der Waals surface area contributed by atoms with Crippen molar-refractivity contribution >= 4 is 40.4 Å². The third-order valence-electron chi connectivity index (χ3n) is 6.51. The summed E-state index contributed by atoms with van der Waals surface area (Å²) >= 11 is 0. The second kappa shape index (κ2) is 10.2. The van der Waals surface area contributed by atoms with Gasteiger partial charge in [-0.3, -0.25) is 19.4 Å². The van der Waals surface area contributed by atoms with E-state index in [4.69, 9.17) is 10.5 Å². The third kappa shape index (κ3) is 4.85. The normalized spacial score (nSPS) is 14.9. The monoisotopic (exact) mass is 513 g/mol. The highest BCUT2D eigenvalue weighted by Crippen LogP contribution is 2.28. The number of carbonyl (C=O) groups is 3. The molecule has 11 heteroatoms. The van der Waals surface area contributed by atoms with Gasteiger partial charge in [0.2, 0.25) is 11.9 Å². The van der Waals surface area contributed by atoms with Gasteiger partial charge in [-0.05, 0) is 55.3 Å². The minimum atomic E-state index is -0.550. The van der Waals surface area contributed by atoms with Crippen LogP contribution in [-0.2, 0) is 11.8 Å². The van der Waals surface area contributed by atoms with Crippen molar-refractivity contribution in [1.29, 1.82) is 0 Å². The summed E-state index contributed by atoms with van der Waals surface area (Å²) in [5.41, 5.74) is 8.56. The fraction of sp³-hybridized carbons (Fsp3) is 0.222. The van der Waals surface area contributed by atoms with E-state index < -0.39 is 11.9 Å². The van der Waals surface area contributed by atoms with Crippen LogP contribution in [0.25, 0.3) is 11.0 Å². The van der Waals surface area contributed by atoms with Crippen molar-refractivity contribution in [3.05, 3.63) is 72.1 Å². The van der Waals surface area contributed by atoms with Crippen molar-refractivity contribution in [3.8, 4) is 11.5 Å². The van der Waals surface area contributed by atoms with Gasteiger partial charge >= 0.3 is 0 Å². The van der Waals surface area contributed by atoms with Crippen molar-refractivity contribution in [2.24, 2.45) is 12.8 Å². The molecule has 1 fully saturated rings. The molecule has 4 aromatic rings. The first kappa shape index (κ1) is 24.8. The van der Waals surface area contributed by atoms with E-state index in [0.29, 0.717) is 41.5 Å². The van der Waals surface area contributed by atoms with Crippen molar-refractivity contribution in [3.63, 3.8) is 0 Å². The zero-order valence-electron chi connectivity index (χ0n) is 21.0. The number of imidazole rings is 1. The van der Waals surface area contributed by atoms with Gasteiger partial charge in [0.15, 0.2) is 0 Å². The van der Waals surface area contributed by atoms with Gasteiger partial charge in [0.25, 0.3) is 11.8 Å². The van der Waals surface area contributed by atoms with Gasteiger partial charge in [0.1, 0.15) is 23.2 Å². The summed E-state index contributed by atoms with van der Waals surface area (Å²) in [6.45, 7) is 0.522. The van der Waals surface area contributed by atoms with Gasteiger partial charge in [-0.15, -0.1) is 0 Å². The Bertz CT molecular complexity index is 1530. The van der Waals surface area contributed by atoms with E-state index in [0.717, 1.165) is 17.6 Å². The number of benzene rings is 2. The van der Waals surface area contributed by atoms with Crippen LogP contribution in [0, 0.1) is 0 Å². The Kier molecular flexibility index (Phi) is 6.65. The third-order valence-corrected chi connectivity index (χ3v) is 6.51. The largest absolute Gasteiger partial charge is 0.457 e. The molecule has 0 radical (unpaired) electrons. The van der Waals surface area contributed by atoms with Gasteiger partial charge in [-0.1, -0.05) is 0 Å². The van der Waals surface area contributed by atoms with Crippen LogP contribution < -0.4 is 21.1 Å². The number of aromatic nitrogens is 3. The highest BCUT2D eigenvalue weighted by atomic mass is 16.5. The number of nitrogens with two attached hydrogens (primary N) is 1. The van der Waals surface area contributed by atoms with Gasteiger partial charge in [0.05, 0.1) is 11.0 Å². The second-order valence-corrected chi connectivity index (χ2v) is 8.96. The summed E-state index contributed by atoms with van der Waals surface area (Å²) in [5, 5.41) is 5.82. The Balaban J connectivity index is 1.31. The van der Waals surface area contributed by atoms with Crippen LogP contribution in [0.4, 0.5) is 11.6 Å². The van der Waals surface area contributed by atoms with Crippen LogP contribution in [0.1, 0.15) is 33.7 Å². The summed E-state index contributed by atoms with van der Waals surface area (Å²) in [5.74, 6) is 0.682. The molecule has 0 bridgehead atoms. The van der Waals surface area contributed by atoms with E-state index in [1.165, 1.54) is 6.20 Å². The van der Waals surface area contributed by atoms with E-state index >= 15 is 0 Å². The zero-order valence-corrected chi connectivity index (χ0v) is 21.0. The van der Waals surface area contributed by atoms with Gasteiger partial charge < -0.3 is 30.6 Å². The number of likely N-dealkylation sites (tertiary alicyclic amines) is 1. The number of hydrogen-bond donors (Lipinski definition) is 3. The molecule has 0 spiro atoms. The standard InChI is InChI=1S/C27H27N7O4/c1-29-25(36)21-15-19(11-12-30-21)38-18-9-10-22-20(14-18)32-27(33(22)2)31-17-7-5-16(6-8-17)26(37)34-13-3-4-23(34)24(28)35/h5-12,14-15,23H,3-4,13H2,1-2H3,(H2,28,35)(H,29,36)(H,31,32)/t23-/m1/s1. The number of pyridine rings is 1. The second-order valence-electron chi connectivity index (χ2n) is 8.96. The highest BCUT2D eigenvalue weighted by Gasteiger charge is 2.33. The van der Waals surface area contributed by atoms with Crippen molar-refractivity contribution in [2.45, 2.75) is 18.9 Å². The first-order valence-electron chi connectivity index (χ1n) is 12.1. The highest BCUT2D eigenvalue weighted by molar-refractivity contribution is 5.98. The topological polar surface area (TPSA) is 144 Å². The molecule has 2 aromatic heterocycles. The summed E-state index contributed by atoms with van der Waals surface area (Å²) < 4.78 is 7.85. The molecular formula is C27H27N7O4. The fourth-order valence-corrected chi connectivity index (χ4v) is 4.51. The van der Waals surface area contributed by atoms with Crippen LogP contribution in [0.2, 0.25) is 0 Å². The van der Waals surface area contributed by atoms with Crippen molar-refractivity contribution < 1.29 is 19.1 Å². The van der Waals surface area contributed by atoms with Gasteiger partial charge in [-0.2, -0.15) is 0 Å². The zero-order chi connectivity index (χ0) is 26.8. The molecule has 194 valence electrons. The number of rotatable bonds is 7. The summed E-state index contributed by atoms with van der Waals surface area (Å²) in [4.78, 5) is 46.7. The molecule has 2 aromatic carbocycles. The molecule has 3 amide bonds. The lowest BCUT2D eigenvalue weighted by Gasteiger charge is -2.22. The number of amides is 3. The number of nitrogens with one attached hydrogen (secondary N) is 2. The Morgan fingerprint density at radius 3 is 2.55 bits per heavy atom. The number of fused-ring (bicyclic) bond motifs is 1. The van der Waals surface area contributed by atoms with Gasteiger partial charge in [-0.25, -0.2) is 4.98 Å². The summed E-state index contributed by atoms with van der Waals surface area (Å²) in [7, 11) is 3.44. The van der Waals surface area contributed by atoms with Crippen LogP contribution in [0.3, 0.4) is 0 Å². The lowest BCUT2D eigenvalue weighted by atomic mass is 10.1. The van der Waals surface area contributed by atoms with E-state index in [9.17, 15) is 14.4 Å². The number of hydrogen-bond acceptors (Lipinski definition) is 7. The quantitative estimate of drug-likeness (QED) is 0.345. The molecule has 0 unspecified atom stereocenters. The molecule has 1 atom stereocenters. The Labute approximate surface area is 218 Å². The van der Waals surface area contributed by atoms with E-state index in [2.05, 4.69) is 20.6 Å². The molecule has 38 heavy (non-hydrogen) atoms. The number of anilines is 2. The Morgan fingerprint density at radius 1 is 1.05 bits per heavy atom. The maximum absolute atomic E-state index is 12.9. The minimum absolute atomic E-state index is 0.204. The van der Waals surface area contributed by atoms with E-state index in [1.54, 1.807) is 48.3 Å². The van der Waals surface area contributed by atoms with Crippen LogP contribution in [0.15, 0.2) is 60.8 Å². The lowest BCUT2D eigenvalue weighted by Crippen LogP contribution is -2.43. The van der Waals surface area contributed by atoms with E-state index in [-0.39, 0.29) is 17.5 Å². The molecule has 0 aliphatic carbocycles. The SMILES string of the molecule is CNC(=O)c1cc(Oc2ccc3c(c2)nc(Nc2ccc(C(=O)N4CCC[C@@H]4C(N)=O)cc2)n3C)ccn1. The van der Waals surface area contributed by atoms with Crippen molar-refractivity contribution in [2.75, 3.05) is 18.9 Å². The average Bonchev–Trinajstić information content (AvgIpc) is 3.53. The van der Waals surface area contributed by atoms with E-state index in [1.807, 2.05) is 29.8 Å². The maximum Gasteiger partial charge on any atom is 0.269 e. The molecule has 1 saturated heterocycles. The summed E-state index contributed by atoms with van der Waals surface area (Å²) in [6, 6.07) is 15.3. The van der Waals surface area contributed by atoms with Crippen LogP contribution in [-0.4, -0.2) is 56.8 Å². The molecule has 3 heterocycles. The fourth-order valence-electron chi connectivity index (χ4n) is 4.51. The number of ether oxygens (including phenoxy) is 1. The number of primary amides is 1. The number of carbonyl (C=O) groups excluding carboxylic acids is 3. The van der Waals surface area contributed by atoms with Crippen LogP contribution >= 0.6 is 0 Å². The number of aryl methyl sites for hydroxylation is 1. The summed E-state index contributed by atoms with van der Waals surface area (Å²) in [6.07, 6.45) is 2.87. The maximum atomic E-state index is 12.9. The predicted octanol–water partition coefficient (Wildman–Crippen LogP) is 2.95. The molecule has 1 aliphatic rings. The van der Waals surface area contributed by atoms with Gasteiger partial charge in [0, 0.05) is 50.2 Å². The predicted molar refractivity (Wildman–Crippen MR) is 141 cm³/mol. The average molecular weight is 514 g/mol. The number of nitrogens with zero attached hydrogens (tertiary/aromatic N) is 4. The molecular weight excluding hydrogens is 486 g/mol. The molecule has 1 aliphatic heterocycles. The van der Waals surface area contributed by atoms with Crippen LogP contribution in [0.5, 0.6) is 11.5 Å². The first-order chi connectivity index (χ1) is 18.3. The smallest absolute Gasteiger partial charge is 0.269 e. The molecule has 4 N–H and O–H groups in total. The molecule has 11 nitrogen and oxygen atoms in total. The first-order valence-corrected chi connectivity index (χ1v) is 12.1.